The Hall–Kier alpha value is -3.73. The van der Waals surface area contributed by atoms with Crippen molar-refractivity contribution in [3.05, 3.63) is 131 Å². The van der Waals surface area contributed by atoms with Gasteiger partial charge < -0.3 is 14.9 Å². The number of rotatable bonds is 8. The van der Waals surface area contributed by atoms with E-state index in [4.69, 9.17) is 9.47 Å². The van der Waals surface area contributed by atoms with Gasteiger partial charge in [0.15, 0.2) is 5.76 Å². The summed E-state index contributed by atoms with van der Waals surface area (Å²) < 4.78 is 25.5. The predicted molar refractivity (Wildman–Crippen MR) is 114 cm³/mol. The molecule has 0 fully saturated rings. The summed E-state index contributed by atoms with van der Waals surface area (Å²) in [6.07, 6.45) is 3.66. The van der Waals surface area contributed by atoms with Crippen LogP contribution in [0.3, 0.4) is 0 Å². The number of benzene rings is 3. The number of hydrazine groups is 1. The van der Waals surface area contributed by atoms with Gasteiger partial charge >= 0.3 is 0 Å². The molecule has 1 N–H and O–H groups in total. The molecule has 3 aromatic carbocycles. The summed E-state index contributed by atoms with van der Waals surface area (Å²) in [5.41, 5.74) is 6.27. The Balaban J connectivity index is 1.54. The van der Waals surface area contributed by atoms with Gasteiger partial charge in [-0.1, -0.05) is 72.8 Å². The summed E-state index contributed by atoms with van der Waals surface area (Å²) in [5, 5.41) is 1.86. The fourth-order valence-electron chi connectivity index (χ4n) is 3.08. The van der Waals surface area contributed by atoms with Crippen LogP contribution in [0, 0.1) is 5.82 Å². The molecular weight excluding hydrogens is 379 g/mol. The minimum Gasteiger partial charge on any atom is -0.483 e. The highest BCUT2D eigenvalue weighted by Crippen LogP contribution is 2.22. The van der Waals surface area contributed by atoms with E-state index < -0.39 is 0 Å². The average Bonchev–Trinajstić information content (AvgIpc) is 2.80. The van der Waals surface area contributed by atoms with Gasteiger partial charge in [0.05, 0.1) is 6.54 Å². The zero-order valence-electron chi connectivity index (χ0n) is 16.5. The van der Waals surface area contributed by atoms with E-state index in [1.54, 1.807) is 18.3 Å². The highest BCUT2D eigenvalue weighted by molar-refractivity contribution is 5.23. The van der Waals surface area contributed by atoms with Crippen LogP contribution >= 0.6 is 0 Å². The lowest BCUT2D eigenvalue weighted by Crippen LogP contribution is -2.37. The van der Waals surface area contributed by atoms with E-state index >= 15 is 0 Å². The second-order valence-corrected chi connectivity index (χ2v) is 6.89. The first-order valence-electron chi connectivity index (χ1n) is 9.80. The Labute approximate surface area is 175 Å². The lowest BCUT2D eigenvalue weighted by atomic mass is 10.2. The van der Waals surface area contributed by atoms with Crippen molar-refractivity contribution in [2.24, 2.45) is 0 Å². The maximum atomic E-state index is 13.3. The van der Waals surface area contributed by atoms with Crippen LogP contribution in [-0.4, -0.2) is 5.01 Å². The van der Waals surface area contributed by atoms with Gasteiger partial charge in [-0.3, -0.25) is 0 Å². The summed E-state index contributed by atoms with van der Waals surface area (Å²) in [4.78, 5) is 0. The number of hydrogen-bond donors (Lipinski definition) is 1. The SMILES string of the molecule is Fc1ccc(CN2NC=CC(OCc3ccccc3)=C2OCc2ccccc2)cc1. The van der Waals surface area contributed by atoms with Crippen molar-refractivity contribution in [3.8, 4) is 0 Å². The van der Waals surface area contributed by atoms with Gasteiger partial charge in [-0.25, -0.2) is 9.40 Å². The predicted octanol–water partition coefficient (Wildman–Crippen LogP) is 5.26. The summed E-state index contributed by atoms with van der Waals surface area (Å²) >= 11 is 0. The molecule has 0 unspecified atom stereocenters. The Morgan fingerprint density at radius 2 is 1.30 bits per heavy atom. The normalized spacial score (nSPS) is 13.2. The molecule has 0 saturated heterocycles. The van der Waals surface area contributed by atoms with Crippen molar-refractivity contribution in [3.63, 3.8) is 0 Å². The number of nitrogens with zero attached hydrogens (tertiary/aromatic N) is 1. The van der Waals surface area contributed by atoms with Crippen molar-refractivity contribution in [2.45, 2.75) is 19.8 Å². The first-order chi connectivity index (χ1) is 14.8. The molecule has 5 heteroatoms. The molecule has 0 bridgehead atoms. The van der Waals surface area contributed by atoms with Crippen molar-refractivity contribution in [1.29, 1.82) is 0 Å². The average molecular weight is 402 g/mol. The number of nitrogens with one attached hydrogen (secondary N) is 1. The van der Waals surface area contributed by atoms with E-state index in [1.165, 1.54) is 12.1 Å². The quantitative estimate of drug-likeness (QED) is 0.557. The first kappa shape index (κ1) is 19.6. The minimum absolute atomic E-state index is 0.256. The molecule has 0 aromatic heterocycles. The summed E-state index contributed by atoms with van der Waals surface area (Å²) in [6.45, 7) is 1.33. The first-order valence-corrected chi connectivity index (χ1v) is 9.80. The summed E-state index contributed by atoms with van der Waals surface area (Å²) in [6, 6.07) is 26.4. The van der Waals surface area contributed by atoms with Crippen molar-refractivity contribution < 1.29 is 13.9 Å². The molecule has 0 aliphatic carbocycles. The van der Waals surface area contributed by atoms with Gasteiger partial charge in [-0.2, -0.15) is 0 Å². The Bertz CT molecular complexity index is 1000. The second-order valence-electron chi connectivity index (χ2n) is 6.89. The molecule has 1 aliphatic heterocycles. The highest BCUT2D eigenvalue weighted by Gasteiger charge is 2.20. The third-order valence-electron chi connectivity index (χ3n) is 4.63. The molecule has 0 spiro atoms. The molecule has 3 aromatic rings. The Morgan fingerprint density at radius 1 is 0.700 bits per heavy atom. The third-order valence-corrected chi connectivity index (χ3v) is 4.63. The fourth-order valence-corrected chi connectivity index (χ4v) is 3.08. The summed E-state index contributed by atoms with van der Waals surface area (Å²) in [5.74, 6) is 0.963. The van der Waals surface area contributed by atoms with Crippen molar-refractivity contribution in [2.75, 3.05) is 0 Å². The van der Waals surface area contributed by atoms with Crippen molar-refractivity contribution in [1.82, 2.24) is 10.4 Å². The number of ether oxygens (including phenoxy) is 2. The van der Waals surface area contributed by atoms with E-state index in [9.17, 15) is 4.39 Å². The molecule has 4 nitrogen and oxygen atoms in total. The van der Waals surface area contributed by atoms with Crippen LogP contribution < -0.4 is 5.43 Å². The van der Waals surface area contributed by atoms with Gasteiger partial charge in [-0.05, 0) is 28.8 Å². The fraction of sp³-hybridized carbons (Fsp3) is 0.120. The van der Waals surface area contributed by atoms with Crippen LogP contribution in [0.1, 0.15) is 16.7 Å². The zero-order valence-corrected chi connectivity index (χ0v) is 16.5. The minimum atomic E-state index is -0.256. The van der Waals surface area contributed by atoms with Crippen molar-refractivity contribution >= 4 is 0 Å². The van der Waals surface area contributed by atoms with Gasteiger partial charge in [0.25, 0.3) is 5.88 Å². The third kappa shape index (κ3) is 5.20. The van der Waals surface area contributed by atoms with Crippen LogP contribution in [-0.2, 0) is 29.2 Å². The van der Waals surface area contributed by atoms with Gasteiger partial charge in [0.1, 0.15) is 19.0 Å². The molecular formula is C25H23FN2O2. The van der Waals surface area contributed by atoms with Crippen LogP contribution in [0.15, 0.2) is 109 Å². The zero-order chi connectivity index (χ0) is 20.6. The summed E-state index contributed by atoms with van der Waals surface area (Å²) in [7, 11) is 0. The maximum Gasteiger partial charge on any atom is 0.252 e. The number of hydrogen-bond acceptors (Lipinski definition) is 4. The highest BCUT2D eigenvalue weighted by atomic mass is 19.1. The van der Waals surface area contributed by atoms with Crippen LogP contribution in [0.2, 0.25) is 0 Å². The van der Waals surface area contributed by atoms with Crippen LogP contribution in [0.4, 0.5) is 4.39 Å². The molecule has 0 atom stereocenters. The second kappa shape index (κ2) is 9.65. The Morgan fingerprint density at radius 3 is 1.93 bits per heavy atom. The molecule has 1 aliphatic rings. The van der Waals surface area contributed by atoms with Gasteiger partial charge in [0.2, 0.25) is 0 Å². The molecule has 30 heavy (non-hydrogen) atoms. The van der Waals surface area contributed by atoms with E-state index in [2.05, 4.69) is 5.43 Å². The maximum absolute atomic E-state index is 13.3. The van der Waals surface area contributed by atoms with E-state index in [1.807, 2.05) is 71.7 Å². The molecule has 0 amide bonds. The van der Waals surface area contributed by atoms with E-state index in [-0.39, 0.29) is 5.82 Å². The van der Waals surface area contributed by atoms with Gasteiger partial charge in [-0.15, -0.1) is 0 Å². The monoisotopic (exact) mass is 402 g/mol. The molecule has 152 valence electrons. The largest absolute Gasteiger partial charge is 0.483 e. The van der Waals surface area contributed by atoms with E-state index in [0.29, 0.717) is 31.4 Å². The standard InChI is InChI=1S/C25H23FN2O2/c26-23-13-11-20(12-14-23)17-28-25(30-19-22-9-5-2-6-10-22)24(15-16-27-28)29-18-21-7-3-1-4-8-21/h1-16,27H,17-19H2. The smallest absolute Gasteiger partial charge is 0.252 e. The topological polar surface area (TPSA) is 33.7 Å². The number of allylic oxidation sites excluding steroid dienone is 1. The lowest BCUT2D eigenvalue weighted by molar-refractivity contribution is 0.0468. The lowest BCUT2D eigenvalue weighted by Gasteiger charge is -2.31. The van der Waals surface area contributed by atoms with Crippen LogP contribution in [0.5, 0.6) is 0 Å². The van der Waals surface area contributed by atoms with Gasteiger partial charge in [0, 0.05) is 12.3 Å². The van der Waals surface area contributed by atoms with E-state index in [0.717, 1.165) is 16.7 Å². The molecule has 1 heterocycles. The Kier molecular flexibility index (Phi) is 6.30. The van der Waals surface area contributed by atoms with Crippen LogP contribution in [0.25, 0.3) is 0 Å². The molecule has 4 rings (SSSR count). The molecule has 0 saturated carbocycles. The number of halogens is 1. The molecule has 0 radical (unpaired) electrons.